The predicted molar refractivity (Wildman–Crippen MR) is 54.6 cm³/mol. The molecule has 0 fully saturated rings. The zero-order chi connectivity index (χ0) is 12.1. The third kappa shape index (κ3) is 3.38. The van der Waals surface area contributed by atoms with Gasteiger partial charge in [0.1, 0.15) is 12.7 Å². The van der Waals surface area contributed by atoms with Crippen molar-refractivity contribution in [1.82, 2.24) is 9.88 Å². The van der Waals surface area contributed by atoms with E-state index in [1.807, 2.05) is 0 Å². The van der Waals surface area contributed by atoms with E-state index in [4.69, 9.17) is 9.52 Å². The highest BCUT2D eigenvalue weighted by Crippen LogP contribution is 2.02. The molecule has 1 aromatic heterocycles. The van der Waals surface area contributed by atoms with Gasteiger partial charge in [0.05, 0.1) is 12.1 Å². The summed E-state index contributed by atoms with van der Waals surface area (Å²) in [6.45, 7) is 1.73. The third-order valence-corrected chi connectivity index (χ3v) is 2.18. The van der Waals surface area contributed by atoms with Crippen LogP contribution in [0.25, 0.3) is 0 Å². The highest BCUT2D eigenvalue weighted by molar-refractivity contribution is 5.78. The minimum absolute atomic E-state index is 0.0514. The molecule has 1 N–H and O–H groups in total. The van der Waals surface area contributed by atoms with Crippen molar-refractivity contribution in [2.45, 2.75) is 13.3 Å². The topological polar surface area (TPSA) is 83.6 Å². The summed E-state index contributed by atoms with van der Waals surface area (Å²) in [5.41, 5.74) is 0. The lowest BCUT2D eigenvalue weighted by Gasteiger charge is -2.18. The molecule has 0 aromatic carbocycles. The molecule has 88 valence electrons. The van der Waals surface area contributed by atoms with E-state index in [9.17, 15) is 9.59 Å². The van der Waals surface area contributed by atoms with E-state index in [0.29, 0.717) is 5.89 Å². The number of carboxylic acid groups (broad SMARTS) is 1. The van der Waals surface area contributed by atoms with Gasteiger partial charge in [0.15, 0.2) is 0 Å². The fourth-order valence-corrected chi connectivity index (χ4v) is 1.20. The summed E-state index contributed by atoms with van der Waals surface area (Å²) in [5.74, 6) is -1.38. The van der Waals surface area contributed by atoms with Crippen LogP contribution >= 0.6 is 0 Å². The average molecular weight is 226 g/mol. The summed E-state index contributed by atoms with van der Waals surface area (Å²) in [6.07, 6.45) is 2.90. The number of hydrogen-bond donors (Lipinski definition) is 1. The van der Waals surface area contributed by atoms with Gasteiger partial charge in [0, 0.05) is 13.6 Å². The maximum atomic E-state index is 11.6. The van der Waals surface area contributed by atoms with E-state index in [1.54, 1.807) is 14.0 Å². The Balaban J connectivity index is 2.45. The molecular formula is C10H14N2O4. The van der Waals surface area contributed by atoms with E-state index in [2.05, 4.69) is 4.98 Å². The smallest absolute Gasteiger partial charge is 0.308 e. The molecule has 0 aliphatic heterocycles. The third-order valence-electron chi connectivity index (χ3n) is 2.18. The number of carbonyl (C=O) groups excluding carboxylic acids is 1. The van der Waals surface area contributed by atoms with Crippen LogP contribution in [0.1, 0.15) is 12.8 Å². The molecule has 0 saturated carbocycles. The lowest BCUT2D eigenvalue weighted by atomic mass is 10.1. The molecule has 0 spiro atoms. The lowest BCUT2D eigenvalue weighted by Crippen LogP contribution is -2.34. The Labute approximate surface area is 92.9 Å². The summed E-state index contributed by atoms with van der Waals surface area (Å²) < 4.78 is 4.93. The molecule has 0 bridgehead atoms. The van der Waals surface area contributed by atoms with Crippen molar-refractivity contribution in [3.8, 4) is 0 Å². The largest absolute Gasteiger partial charge is 0.481 e. The van der Waals surface area contributed by atoms with Crippen molar-refractivity contribution >= 4 is 11.9 Å². The normalized spacial score (nSPS) is 12.1. The second kappa shape index (κ2) is 5.29. The van der Waals surface area contributed by atoms with Crippen molar-refractivity contribution in [1.29, 1.82) is 0 Å². The first-order valence-corrected chi connectivity index (χ1v) is 4.86. The fourth-order valence-electron chi connectivity index (χ4n) is 1.20. The molecule has 0 aliphatic rings. The number of amides is 1. The van der Waals surface area contributed by atoms with Crippen LogP contribution in [-0.2, 0) is 16.0 Å². The first-order chi connectivity index (χ1) is 7.50. The van der Waals surface area contributed by atoms with Crippen LogP contribution in [0.4, 0.5) is 0 Å². The Bertz CT molecular complexity index is 361. The first-order valence-electron chi connectivity index (χ1n) is 4.86. The minimum atomic E-state index is -0.921. The second-order valence-electron chi connectivity index (χ2n) is 3.62. The second-order valence-corrected chi connectivity index (χ2v) is 3.62. The van der Waals surface area contributed by atoms with Crippen LogP contribution in [0, 0.1) is 5.92 Å². The van der Waals surface area contributed by atoms with Crippen LogP contribution in [0.3, 0.4) is 0 Å². The molecule has 1 unspecified atom stereocenters. The zero-order valence-electron chi connectivity index (χ0n) is 9.21. The Kier molecular flexibility index (Phi) is 4.04. The molecule has 1 aromatic rings. The summed E-state index contributed by atoms with van der Waals surface area (Å²) in [6, 6.07) is 0. The SMILES string of the molecule is CC(CN(C)C(=O)Cc1ncco1)C(=O)O. The van der Waals surface area contributed by atoms with Crippen molar-refractivity contribution < 1.29 is 19.1 Å². The molecule has 0 saturated heterocycles. The molecule has 6 nitrogen and oxygen atoms in total. The van der Waals surface area contributed by atoms with Crippen LogP contribution in [0.5, 0.6) is 0 Å². The molecule has 1 rings (SSSR count). The lowest BCUT2D eigenvalue weighted by molar-refractivity contribution is -0.142. The molecule has 16 heavy (non-hydrogen) atoms. The van der Waals surface area contributed by atoms with E-state index in [0.717, 1.165) is 0 Å². The number of nitrogens with zero attached hydrogens (tertiary/aromatic N) is 2. The van der Waals surface area contributed by atoms with E-state index >= 15 is 0 Å². The van der Waals surface area contributed by atoms with Gasteiger partial charge in [-0.05, 0) is 0 Å². The summed E-state index contributed by atoms with van der Waals surface area (Å²) in [5, 5.41) is 8.70. The molecular weight excluding hydrogens is 212 g/mol. The van der Waals surface area contributed by atoms with Gasteiger partial charge in [-0.3, -0.25) is 9.59 Å². The van der Waals surface area contributed by atoms with Gasteiger partial charge >= 0.3 is 5.97 Å². The Hall–Kier alpha value is -1.85. The highest BCUT2D eigenvalue weighted by atomic mass is 16.4. The summed E-state index contributed by atoms with van der Waals surface area (Å²) in [7, 11) is 1.56. The molecule has 1 amide bonds. The van der Waals surface area contributed by atoms with Gasteiger partial charge in [-0.15, -0.1) is 0 Å². The van der Waals surface area contributed by atoms with Crippen LogP contribution in [-0.4, -0.2) is 40.5 Å². The van der Waals surface area contributed by atoms with Crippen LogP contribution < -0.4 is 0 Å². The number of likely N-dealkylation sites (N-methyl/N-ethyl adjacent to an activating group) is 1. The van der Waals surface area contributed by atoms with E-state index in [1.165, 1.54) is 17.4 Å². The van der Waals surface area contributed by atoms with Gasteiger partial charge in [-0.25, -0.2) is 4.98 Å². The number of carbonyl (C=O) groups is 2. The number of carboxylic acids is 1. The van der Waals surface area contributed by atoms with E-state index < -0.39 is 11.9 Å². The fraction of sp³-hybridized carbons (Fsp3) is 0.500. The number of hydrogen-bond acceptors (Lipinski definition) is 4. The molecule has 6 heteroatoms. The minimum Gasteiger partial charge on any atom is -0.481 e. The number of oxazole rings is 1. The number of rotatable bonds is 5. The standard InChI is InChI=1S/C10H14N2O4/c1-7(10(14)15)6-12(2)9(13)5-8-11-3-4-16-8/h3-4,7H,5-6H2,1-2H3,(H,14,15). The maximum absolute atomic E-state index is 11.6. The number of aliphatic carboxylic acids is 1. The monoisotopic (exact) mass is 226 g/mol. The quantitative estimate of drug-likeness (QED) is 0.785. The van der Waals surface area contributed by atoms with Crippen molar-refractivity contribution in [3.05, 3.63) is 18.4 Å². The molecule has 1 atom stereocenters. The van der Waals surface area contributed by atoms with Gasteiger partial charge in [-0.1, -0.05) is 6.92 Å². The molecule has 0 aliphatic carbocycles. The summed E-state index contributed by atoms with van der Waals surface area (Å²) >= 11 is 0. The molecule has 1 heterocycles. The molecule has 0 radical (unpaired) electrons. The predicted octanol–water partition coefficient (Wildman–Crippen LogP) is 0.396. The first kappa shape index (κ1) is 12.2. The van der Waals surface area contributed by atoms with Crippen molar-refractivity contribution in [2.75, 3.05) is 13.6 Å². The maximum Gasteiger partial charge on any atom is 0.308 e. The van der Waals surface area contributed by atoms with Crippen LogP contribution in [0.2, 0.25) is 0 Å². The average Bonchev–Trinajstić information content (AvgIpc) is 2.69. The van der Waals surface area contributed by atoms with Crippen LogP contribution in [0.15, 0.2) is 16.9 Å². The summed E-state index contributed by atoms with van der Waals surface area (Å²) in [4.78, 5) is 27.4. The van der Waals surface area contributed by atoms with Gasteiger partial charge in [-0.2, -0.15) is 0 Å². The Morgan fingerprint density at radius 3 is 2.81 bits per heavy atom. The van der Waals surface area contributed by atoms with E-state index in [-0.39, 0.29) is 18.9 Å². The van der Waals surface area contributed by atoms with Crippen molar-refractivity contribution in [2.24, 2.45) is 5.92 Å². The zero-order valence-corrected chi connectivity index (χ0v) is 9.21. The Morgan fingerprint density at radius 2 is 2.31 bits per heavy atom. The highest BCUT2D eigenvalue weighted by Gasteiger charge is 2.18. The Morgan fingerprint density at radius 1 is 1.62 bits per heavy atom. The number of aromatic nitrogens is 1. The van der Waals surface area contributed by atoms with Gasteiger partial charge in [0.2, 0.25) is 11.8 Å². The van der Waals surface area contributed by atoms with Gasteiger partial charge in [0.25, 0.3) is 0 Å². The van der Waals surface area contributed by atoms with Gasteiger partial charge < -0.3 is 14.4 Å². The van der Waals surface area contributed by atoms with Crippen molar-refractivity contribution in [3.63, 3.8) is 0 Å².